The van der Waals surface area contributed by atoms with Crippen LogP contribution in [0.15, 0.2) is 30.5 Å². The van der Waals surface area contributed by atoms with E-state index in [1.54, 1.807) is 19.2 Å². The topological polar surface area (TPSA) is 39.1 Å². The van der Waals surface area contributed by atoms with Gasteiger partial charge in [-0.3, -0.25) is 0 Å². The molecule has 0 radical (unpaired) electrons. The number of rotatable bonds is 7. The first-order chi connectivity index (χ1) is 9.69. The third-order valence-electron chi connectivity index (χ3n) is 3.02. The monoisotopic (exact) mass is 277 g/mol. The van der Waals surface area contributed by atoms with E-state index in [4.69, 9.17) is 4.74 Å². The van der Waals surface area contributed by atoms with E-state index in [0.717, 1.165) is 30.2 Å². The Morgan fingerprint density at radius 2 is 2.25 bits per heavy atom. The molecule has 0 aliphatic rings. The predicted octanol–water partition coefficient (Wildman–Crippen LogP) is 2.63. The zero-order valence-electron chi connectivity index (χ0n) is 11.9. The molecular formula is C15H20FN3O. The average Bonchev–Trinajstić information content (AvgIpc) is 2.77. The van der Waals surface area contributed by atoms with Gasteiger partial charge in [0.1, 0.15) is 5.82 Å². The van der Waals surface area contributed by atoms with Gasteiger partial charge in [-0.25, -0.2) is 9.37 Å². The van der Waals surface area contributed by atoms with Crippen LogP contribution in [-0.2, 0) is 17.7 Å². The molecule has 0 bridgehead atoms. The summed E-state index contributed by atoms with van der Waals surface area (Å²) in [7, 11) is 1.67. The summed E-state index contributed by atoms with van der Waals surface area (Å²) in [5, 5.41) is 3.24. The molecule has 0 aliphatic carbocycles. The lowest BCUT2D eigenvalue weighted by molar-refractivity contribution is 0.210. The average molecular weight is 277 g/mol. The Labute approximate surface area is 118 Å². The molecule has 1 aromatic heterocycles. The van der Waals surface area contributed by atoms with Gasteiger partial charge in [0, 0.05) is 26.4 Å². The minimum Gasteiger partial charge on any atom is -0.383 e. The van der Waals surface area contributed by atoms with Crippen LogP contribution < -0.4 is 5.32 Å². The fraction of sp³-hybridized carbons (Fsp3) is 0.400. The first kappa shape index (κ1) is 14.5. The van der Waals surface area contributed by atoms with Crippen LogP contribution >= 0.6 is 0 Å². The Hall–Kier alpha value is -1.88. The van der Waals surface area contributed by atoms with Crippen LogP contribution in [0.4, 0.5) is 10.3 Å². The Morgan fingerprint density at radius 1 is 1.40 bits per heavy atom. The molecule has 0 amide bonds. The van der Waals surface area contributed by atoms with E-state index < -0.39 is 0 Å². The molecule has 0 fully saturated rings. The SMILES string of the molecule is COCCNc1nc(C)cn1CCc1cccc(F)c1. The van der Waals surface area contributed by atoms with Crippen molar-refractivity contribution in [2.75, 3.05) is 25.6 Å². The van der Waals surface area contributed by atoms with Gasteiger partial charge in [0.05, 0.1) is 12.3 Å². The highest BCUT2D eigenvalue weighted by molar-refractivity contribution is 5.29. The summed E-state index contributed by atoms with van der Waals surface area (Å²) in [6, 6.07) is 6.71. The van der Waals surface area contributed by atoms with Crippen molar-refractivity contribution in [3.05, 3.63) is 47.5 Å². The number of nitrogens with zero attached hydrogens (tertiary/aromatic N) is 2. The fourth-order valence-corrected chi connectivity index (χ4v) is 2.07. The number of hydrogen-bond donors (Lipinski definition) is 1. The van der Waals surface area contributed by atoms with Crippen molar-refractivity contribution in [3.63, 3.8) is 0 Å². The zero-order valence-corrected chi connectivity index (χ0v) is 11.9. The quantitative estimate of drug-likeness (QED) is 0.791. The van der Waals surface area contributed by atoms with Crippen molar-refractivity contribution in [2.45, 2.75) is 19.9 Å². The van der Waals surface area contributed by atoms with Gasteiger partial charge in [-0.2, -0.15) is 0 Å². The van der Waals surface area contributed by atoms with E-state index in [1.165, 1.54) is 6.07 Å². The number of anilines is 1. The Morgan fingerprint density at radius 3 is 3.00 bits per heavy atom. The molecule has 1 N–H and O–H groups in total. The second kappa shape index (κ2) is 7.05. The van der Waals surface area contributed by atoms with Gasteiger partial charge in [0.2, 0.25) is 5.95 Å². The number of benzene rings is 1. The molecule has 1 heterocycles. The second-order valence-electron chi connectivity index (χ2n) is 4.70. The standard InChI is InChI=1S/C15H20FN3O/c1-12-11-19(15(18-12)17-7-9-20-2)8-6-13-4-3-5-14(16)10-13/h3-5,10-11H,6-9H2,1-2H3,(H,17,18). The maximum Gasteiger partial charge on any atom is 0.203 e. The molecule has 1 aromatic carbocycles. The minimum atomic E-state index is -0.192. The normalized spacial score (nSPS) is 10.8. The maximum absolute atomic E-state index is 13.1. The smallest absolute Gasteiger partial charge is 0.203 e. The number of hydrogen-bond acceptors (Lipinski definition) is 3. The van der Waals surface area contributed by atoms with E-state index >= 15 is 0 Å². The van der Waals surface area contributed by atoms with Gasteiger partial charge >= 0.3 is 0 Å². The molecule has 0 atom stereocenters. The molecular weight excluding hydrogens is 257 g/mol. The van der Waals surface area contributed by atoms with Crippen molar-refractivity contribution in [3.8, 4) is 0 Å². The predicted molar refractivity (Wildman–Crippen MR) is 77.4 cm³/mol. The maximum atomic E-state index is 13.1. The van der Waals surface area contributed by atoms with Crippen LogP contribution in [0.25, 0.3) is 0 Å². The Kier molecular flexibility index (Phi) is 5.12. The molecule has 0 spiro atoms. The number of halogens is 1. The Balaban J connectivity index is 1.98. The molecule has 4 nitrogen and oxygen atoms in total. The lowest BCUT2D eigenvalue weighted by Crippen LogP contribution is -2.13. The van der Waals surface area contributed by atoms with E-state index in [9.17, 15) is 4.39 Å². The van der Waals surface area contributed by atoms with Crippen molar-refractivity contribution in [1.82, 2.24) is 9.55 Å². The molecule has 0 saturated heterocycles. The van der Waals surface area contributed by atoms with E-state index in [1.807, 2.05) is 19.2 Å². The highest BCUT2D eigenvalue weighted by atomic mass is 19.1. The fourth-order valence-electron chi connectivity index (χ4n) is 2.07. The first-order valence-corrected chi connectivity index (χ1v) is 6.70. The highest BCUT2D eigenvalue weighted by Crippen LogP contribution is 2.11. The number of methoxy groups -OCH3 is 1. The number of aryl methyl sites for hydroxylation is 3. The molecule has 108 valence electrons. The lowest BCUT2D eigenvalue weighted by atomic mass is 10.1. The van der Waals surface area contributed by atoms with Crippen LogP contribution in [0.1, 0.15) is 11.3 Å². The summed E-state index contributed by atoms with van der Waals surface area (Å²) in [5.41, 5.74) is 1.95. The van der Waals surface area contributed by atoms with Crippen molar-refractivity contribution < 1.29 is 9.13 Å². The van der Waals surface area contributed by atoms with Gasteiger partial charge in [0.25, 0.3) is 0 Å². The molecule has 2 aromatic rings. The van der Waals surface area contributed by atoms with E-state index in [-0.39, 0.29) is 5.82 Å². The molecule has 20 heavy (non-hydrogen) atoms. The number of imidazole rings is 1. The van der Waals surface area contributed by atoms with Gasteiger partial charge in [-0.05, 0) is 31.0 Å². The van der Waals surface area contributed by atoms with Gasteiger partial charge < -0.3 is 14.6 Å². The third-order valence-corrected chi connectivity index (χ3v) is 3.02. The van der Waals surface area contributed by atoms with E-state index in [2.05, 4.69) is 14.9 Å². The van der Waals surface area contributed by atoms with Crippen LogP contribution in [0.3, 0.4) is 0 Å². The number of aromatic nitrogens is 2. The zero-order chi connectivity index (χ0) is 14.4. The highest BCUT2D eigenvalue weighted by Gasteiger charge is 2.05. The summed E-state index contributed by atoms with van der Waals surface area (Å²) < 4.78 is 20.2. The minimum absolute atomic E-state index is 0.192. The molecule has 0 saturated carbocycles. The van der Waals surface area contributed by atoms with Crippen LogP contribution in [0.5, 0.6) is 0 Å². The summed E-state index contributed by atoms with van der Waals surface area (Å²) in [4.78, 5) is 4.43. The van der Waals surface area contributed by atoms with Gasteiger partial charge in [0.15, 0.2) is 0 Å². The number of nitrogens with one attached hydrogen (secondary N) is 1. The molecule has 0 aliphatic heterocycles. The second-order valence-corrected chi connectivity index (χ2v) is 4.70. The molecule has 2 rings (SSSR count). The van der Waals surface area contributed by atoms with Crippen molar-refractivity contribution >= 4 is 5.95 Å². The van der Waals surface area contributed by atoms with E-state index in [0.29, 0.717) is 13.2 Å². The first-order valence-electron chi connectivity index (χ1n) is 6.70. The van der Waals surface area contributed by atoms with Gasteiger partial charge in [-0.1, -0.05) is 12.1 Å². The Bertz CT molecular complexity index is 554. The largest absolute Gasteiger partial charge is 0.383 e. The summed E-state index contributed by atoms with van der Waals surface area (Å²) in [6.45, 7) is 4.07. The molecule has 5 heteroatoms. The molecule has 0 unspecified atom stereocenters. The summed E-state index contributed by atoms with van der Waals surface area (Å²) in [5.74, 6) is 0.638. The third kappa shape index (κ3) is 4.06. The van der Waals surface area contributed by atoms with Crippen LogP contribution in [0.2, 0.25) is 0 Å². The van der Waals surface area contributed by atoms with Crippen LogP contribution in [-0.4, -0.2) is 29.8 Å². The number of ether oxygens (including phenoxy) is 1. The summed E-state index contributed by atoms with van der Waals surface area (Å²) in [6.07, 6.45) is 2.76. The van der Waals surface area contributed by atoms with Gasteiger partial charge in [-0.15, -0.1) is 0 Å². The van der Waals surface area contributed by atoms with Crippen molar-refractivity contribution in [1.29, 1.82) is 0 Å². The van der Waals surface area contributed by atoms with Crippen LogP contribution in [0, 0.1) is 12.7 Å². The summed E-state index contributed by atoms with van der Waals surface area (Å²) >= 11 is 0. The van der Waals surface area contributed by atoms with Crippen molar-refractivity contribution in [2.24, 2.45) is 0 Å². The lowest BCUT2D eigenvalue weighted by Gasteiger charge is -2.09.